The number of hydrogen-bond donors (Lipinski definition) is 0. The molecular weight excluding hydrogens is 176 g/mol. The number of nitrogens with zero attached hydrogens (tertiary/aromatic N) is 2. The molecule has 3 aliphatic rings. The molecule has 1 aromatic rings. The highest BCUT2D eigenvalue weighted by molar-refractivity contribution is 5.65. The van der Waals surface area contributed by atoms with E-state index in [9.17, 15) is 4.79 Å². The molecule has 2 aliphatic heterocycles. The summed E-state index contributed by atoms with van der Waals surface area (Å²) in [6.07, 6.45) is 7.88. The molecule has 3 heterocycles. The van der Waals surface area contributed by atoms with Gasteiger partial charge in [-0.15, -0.1) is 0 Å². The van der Waals surface area contributed by atoms with Crippen molar-refractivity contribution in [2.75, 3.05) is 0 Å². The standard InChI is InChI=1S/C11H10N2O/c14-10-5-6-12-11-9-3-1-8(2-4-9)7-13(10)11/h1,3,5-6H,2,4,7H2. The van der Waals surface area contributed by atoms with E-state index < -0.39 is 0 Å². The summed E-state index contributed by atoms with van der Waals surface area (Å²) in [6, 6.07) is 1.52. The Morgan fingerprint density at radius 1 is 1.29 bits per heavy atom. The van der Waals surface area contributed by atoms with Gasteiger partial charge >= 0.3 is 0 Å². The fourth-order valence-electron chi connectivity index (χ4n) is 2.05. The average Bonchev–Trinajstić information content (AvgIpc) is 2.49. The summed E-state index contributed by atoms with van der Waals surface area (Å²) in [5.41, 5.74) is 2.56. The van der Waals surface area contributed by atoms with Gasteiger partial charge in [-0.1, -0.05) is 17.7 Å². The fourth-order valence-corrected chi connectivity index (χ4v) is 2.05. The lowest BCUT2D eigenvalue weighted by molar-refractivity contribution is 0.712. The number of fused-ring (bicyclic) bond motifs is 2. The summed E-state index contributed by atoms with van der Waals surface area (Å²) in [6.45, 7) is 0.710. The minimum atomic E-state index is 0.0515. The molecular formula is C11H10N2O. The number of allylic oxidation sites excluding steroid dienone is 4. The van der Waals surface area contributed by atoms with Gasteiger partial charge in [-0.3, -0.25) is 9.36 Å². The Labute approximate surface area is 81.4 Å². The maximum Gasteiger partial charge on any atom is 0.253 e. The van der Waals surface area contributed by atoms with E-state index in [2.05, 4.69) is 17.1 Å². The summed E-state index contributed by atoms with van der Waals surface area (Å²) in [5.74, 6) is 0.848. The van der Waals surface area contributed by atoms with Crippen LogP contribution >= 0.6 is 0 Å². The zero-order valence-electron chi connectivity index (χ0n) is 7.73. The third-order valence-corrected chi connectivity index (χ3v) is 2.82. The highest BCUT2D eigenvalue weighted by Crippen LogP contribution is 2.29. The van der Waals surface area contributed by atoms with Crippen LogP contribution in [0.5, 0.6) is 0 Å². The molecule has 0 spiro atoms. The molecule has 3 nitrogen and oxygen atoms in total. The molecule has 0 aromatic carbocycles. The van der Waals surface area contributed by atoms with Crippen LogP contribution in [0, 0.1) is 0 Å². The first-order valence-corrected chi connectivity index (χ1v) is 4.79. The third-order valence-electron chi connectivity index (χ3n) is 2.82. The number of aromatic nitrogens is 2. The van der Waals surface area contributed by atoms with E-state index in [-0.39, 0.29) is 5.56 Å². The largest absolute Gasteiger partial charge is 0.289 e. The second kappa shape index (κ2) is 2.67. The van der Waals surface area contributed by atoms with Crippen molar-refractivity contribution in [3.8, 4) is 0 Å². The molecule has 1 aromatic heterocycles. The molecule has 0 N–H and O–H groups in total. The van der Waals surface area contributed by atoms with Crippen molar-refractivity contribution < 1.29 is 0 Å². The molecule has 3 heteroatoms. The summed E-state index contributed by atoms with van der Waals surface area (Å²) in [7, 11) is 0. The zero-order valence-corrected chi connectivity index (χ0v) is 7.73. The van der Waals surface area contributed by atoms with Crippen LogP contribution in [0.1, 0.15) is 18.7 Å². The van der Waals surface area contributed by atoms with Crippen LogP contribution < -0.4 is 5.56 Å². The second-order valence-electron chi connectivity index (χ2n) is 3.71. The Bertz CT molecular complexity index is 508. The maximum absolute atomic E-state index is 11.6. The summed E-state index contributed by atoms with van der Waals surface area (Å²) < 4.78 is 1.76. The van der Waals surface area contributed by atoms with E-state index in [4.69, 9.17) is 0 Å². The summed E-state index contributed by atoms with van der Waals surface area (Å²) in [5, 5.41) is 0. The maximum atomic E-state index is 11.6. The van der Waals surface area contributed by atoms with Gasteiger partial charge < -0.3 is 0 Å². The monoisotopic (exact) mass is 186 g/mol. The quantitative estimate of drug-likeness (QED) is 0.613. The molecule has 0 radical (unpaired) electrons. The minimum Gasteiger partial charge on any atom is -0.289 e. The number of rotatable bonds is 0. The van der Waals surface area contributed by atoms with Crippen molar-refractivity contribution in [3.05, 3.63) is 46.2 Å². The molecule has 0 unspecified atom stereocenters. The van der Waals surface area contributed by atoms with Crippen molar-refractivity contribution >= 4 is 5.57 Å². The Hall–Kier alpha value is -1.64. The van der Waals surface area contributed by atoms with Crippen LogP contribution in [0.2, 0.25) is 0 Å². The predicted molar refractivity (Wildman–Crippen MR) is 53.8 cm³/mol. The molecule has 14 heavy (non-hydrogen) atoms. The molecule has 0 saturated heterocycles. The van der Waals surface area contributed by atoms with Gasteiger partial charge in [0.25, 0.3) is 5.56 Å². The highest BCUT2D eigenvalue weighted by Gasteiger charge is 2.19. The van der Waals surface area contributed by atoms with Crippen LogP contribution in [0.15, 0.2) is 34.8 Å². The van der Waals surface area contributed by atoms with E-state index in [0.717, 1.165) is 18.7 Å². The van der Waals surface area contributed by atoms with Crippen LogP contribution in [0.25, 0.3) is 5.57 Å². The molecule has 1 aliphatic carbocycles. The van der Waals surface area contributed by atoms with Crippen molar-refractivity contribution in [1.29, 1.82) is 0 Å². The first-order valence-electron chi connectivity index (χ1n) is 4.79. The van der Waals surface area contributed by atoms with Gasteiger partial charge in [0.05, 0.1) is 0 Å². The lowest BCUT2D eigenvalue weighted by Gasteiger charge is -2.06. The van der Waals surface area contributed by atoms with Crippen LogP contribution in [0.3, 0.4) is 0 Å². The third kappa shape index (κ3) is 0.985. The van der Waals surface area contributed by atoms with Gasteiger partial charge in [0, 0.05) is 18.8 Å². The van der Waals surface area contributed by atoms with E-state index in [1.165, 1.54) is 17.2 Å². The highest BCUT2D eigenvalue weighted by atomic mass is 16.1. The van der Waals surface area contributed by atoms with Crippen molar-refractivity contribution in [2.24, 2.45) is 0 Å². The van der Waals surface area contributed by atoms with E-state index in [0.29, 0.717) is 6.54 Å². The van der Waals surface area contributed by atoms with Gasteiger partial charge in [0.2, 0.25) is 0 Å². The minimum absolute atomic E-state index is 0.0515. The summed E-state index contributed by atoms with van der Waals surface area (Å²) in [4.78, 5) is 15.9. The van der Waals surface area contributed by atoms with Crippen molar-refractivity contribution in [2.45, 2.75) is 19.4 Å². The van der Waals surface area contributed by atoms with Gasteiger partial charge in [0.1, 0.15) is 5.82 Å². The Morgan fingerprint density at radius 3 is 3.00 bits per heavy atom. The molecule has 0 fully saturated rings. The van der Waals surface area contributed by atoms with Crippen molar-refractivity contribution in [1.82, 2.24) is 9.55 Å². The fraction of sp³-hybridized carbons (Fsp3) is 0.273. The van der Waals surface area contributed by atoms with Crippen LogP contribution in [-0.4, -0.2) is 9.55 Å². The van der Waals surface area contributed by atoms with Gasteiger partial charge in [-0.2, -0.15) is 0 Å². The van der Waals surface area contributed by atoms with E-state index in [1.54, 1.807) is 10.8 Å². The Morgan fingerprint density at radius 2 is 2.21 bits per heavy atom. The molecule has 0 atom stereocenters. The SMILES string of the molecule is O=c1ccnc2n1CC1=CC=C2CC1. The molecule has 70 valence electrons. The smallest absolute Gasteiger partial charge is 0.253 e. The first kappa shape index (κ1) is 7.74. The van der Waals surface area contributed by atoms with Gasteiger partial charge in [0.15, 0.2) is 0 Å². The normalized spacial score (nSPS) is 18.3. The second-order valence-corrected chi connectivity index (χ2v) is 3.71. The molecule has 4 rings (SSSR count). The first-order chi connectivity index (χ1) is 6.84. The van der Waals surface area contributed by atoms with E-state index >= 15 is 0 Å². The van der Waals surface area contributed by atoms with Gasteiger partial charge in [-0.05, 0) is 18.4 Å². The lowest BCUT2D eigenvalue weighted by atomic mass is 10.0. The lowest BCUT2D eigenvalue weighted by Crippen LogP contribution is -2.22. The number of hydrogen-bond acceptors (Lipinski definition) is 2. The van der Waals surface area contributed by atoms with E-state index in [1.807, 2.05) is 0 Å². The average molecular weight is 186 g/mol. The Kier molecular flexibility index (Phi) is 1.48. The van der Waals surface area contributed by atoms with Crippen LogP contribution in [-0.2, 0) is 6.54 Å². The molecule has 0 amide bonds. The summed E-state index contributed by atoms with van der Waals surface area (Å²) >= 11 is 0. The molecule has 2 bridgehead atoms. The zero-order chi connectivity index (χ0) is 9.54. The van der Waals surface area contributed by atoms with Crippen LogP contribution in [0.4, 0.5) is 0 Å². The molecule has 0 saturated carbocycles. The topological polar surface area (TPSA) is 34.9 Å². The Balaban J connectivity index is 2.33. The predicted octanol–water partition coefficient (Wildman–Crippen LogP) is 1.36. The van der Waals surface area contributed by atoms with Crippen molar-refractivity contribution in [3.63, 3.8) is 0 Å². The van der Waals surface area contributed by atoms with Gasteiger partial charge in [-0.25, -0.2) is 4.98 Å².